The maximum absolute atomic E-state index is 12.8. The molecule has 4 rings (SSSR count). The molecular formula is C19H17N3O. The number of benzene rings is 1. The minimum Gasteiger partial charge on any atom is -0.320 e. The third-order valence-electron chi connectivity index (χ3n) is 4.26. The largest absolute Gasteiger partial charge is 0.320 e. The van der Waals surface area contributed by atoms with Gasteiger partial charge in [0.15, 0.2) is 0 Å². The van der Waals surface area contributed by atoms with Crippen LogP contribution in [0.3, 0.4) is 0 Å². The molecule has 2 aromatic heterocycles. The van der Waals surface area contributed by atoms with E-state index in [1.54, 1.807) is 12.4 Å². The highest BCUT2D eigenvalue weighted by atomic mass is 16.1. The molecule has 4 nitrogen and oxygen atoms in total. The first-order valence-electron chi connectivity index (χ1n) is 7.84. The van der Waals surface area contributed by atoms with Crippen LogP contribution in [-0.4, -0.2) is 15.9 Å². The van der Waals surface area contributed by atoms with Gasteiger partial charge in [-0.2, -0.15) is 0 Å². The van der Waals surface area contributed by atoms with Gasteiger partial charge < -0.3 is 5.32 Å². The van der Waals surface area contributed by atoms with Gasteiger partial charge in [-0.15, -0.1) is 0 Å². The summed E-state index contributed by atoms with van der Waals surface area (Å²) in [5, 5.41) is 3.86. The second-order valence-electron chi connectivity index (χ2n) is 6.03. The molecule has 1 aromatic carbocycles. The van der Waals surface area contributed by atoms with Crippen LogP contribution in [0.25, 0.3) is 10.9 Å². The molecule has 0 aliphatic heterocycles. The fourth-order valence-electron chi connectivity index (χ4n) is 2.76. The molecule has 2 heterocycles. The number of rotatable bonds is 3. The van der Waals surface area contributed by atoms with Crippen molar-refractivity contribution in [3.8, 4) is 0 Å². The minimum atomic E-state index is -0.110. The van der Waals surface area contributed by atoms with Gasteiger partial charge in [0.1, 0.15) is 0 Å². The number of carbonyl (C=O) groups excluding carboxylic acids is 1. The maximum atomic E-state index is 12.8. The number of nitrogens with zero attached hydrogens (tertiary/aromatic N) is 2. The van der Waals surface area contributed by atoms with E-state index in [1.165, 1.54) is 0 Å². The van der Waals surface area contributed by atoms with Gasteiger partial charge in [0.2, 0.25) is 0 Å². The van der Waals surface area contributed by atoms with Crippen LogP contribution in [0.5, 0.6) is 0 Å². The molecular weight excluding hydrogens is 286 g/mol. The van der Waals surface area contributed by atoms with Gasteiger partial charge in [0.25, 0.3) is 5.91 Å². The van der Waals surface area contributed by atoms with Crippen LogP contribution in [-0.2, 0) is 0 Å². The Bertz CT molecular complexity index is 900. The first-order chi connectivity index (χ1) is 11.2. The maximum Gasteiger partial charge on any atom is 0.256 e. The summed E-state index contributed by atoms with van der Waals surface area (Å²) in [6, 6.07) is 11.6. The zero-order valence-electron chi connectivity index (χ0n) is 12.9. The van der Waals surface area contributed by atoms with Gasteiger partial charge in [0, 0.05) is 23.2 Å². The molecule has 1 amide bonds. The lowest BCUT2D eigenvalue weighted by Crippen LogP contribution is -2.14. The van der Waals surface area contributed by atoms with Gasteiger partial charge in [-0.05, 0) is 43.5 Å². The number of fused-ring (bicyclic) bond motifs is 1. The average molecular weight is 303 g/mol. The van der Waals surface area contributed by atoms with Crippen molar-refractivity contribution in [1.29, 1.82) is 0 Å². The summed E-state index contributed by atoms with van der Waals surface area (Å²) in [5.74, 6) is 0.396. The molecule has 0 unspecified atom stereocenters. The van der Waals surface area contributed by atoms with Crippen molar-refractivity contribution in [2.45, 2.75) is 25.7 Å². The van der Waals surface area contributed by atoms with Crippen LogP contribution in [0, 0.1) is 6.92 Å². The van der Waals surface area contributed by atoms with Gasteiger partial charge in [-0.25, -0.2) is 0 Å². The Labute approximate surface area is 134 Å². The lowest BCUT2D eigenvalue weighted by molar-refractivity contribution is 0.102. The number of nitrogens with one attached hydrogen (secondary N) is 1. The zero-order chi connectivity index (χ0) is 15.8. The summed E-state index contributed by atoms with van der Waals surface area (Å²) in [6.07, 6.45) is 5.72. The summed E-state index contributed by atoms with van der Waals surface area (Å²) >= 11 is 0. The third kappa shape index (κ3) is 2.68. The summed E-state index contributed by atoms with van der Waals surface area (Å²) in [5.41, 5.74) is 4.32. The fraction of sp³-hybridized carbons (Fsp3) is 0.211. The van der Waals surface area contributed by atoms with Crippen LogP contribution in [0.2, 0.25) is 0 Å². The molecule has 0 radical (unpaired) electrons. The number of hydrogen-bond acceptors (Lipinski definition) is 3. The molecule has 1 aliphatic carbocycles. The highest BCUT2D eigenvalue weighted by Gasteiger charge is 2.27. The van der Waals surface area contributed by atoms with E-state index >= 15 is 0 Å². The Kier molecular flexibility index (Phi) is 3.30. The molecule has 23 heavy (non-hydrogen) atoms. The number of pyridine rings is 2. The van der Waals surface area contributed by atoms with Crippen molar-refractivity contribution >= 4 is 22.5 Å². The van der Waals surface area contributed by atoms with Gasteiger partial charge in [0.05, 0.1) is 23.0 Å². The minimum absolute atomic E-state index is 0.110. The highest BCUT2D eigenvalue weighted by molar-refractivity contribution is 6.12. The Hall–Kier alpha value is -2.75. The lowest BCUT2D eigenvalue weighted by atomic mass is 10.1. The normalized spacial score (nSPS) is 14.0. The van der Waals surface area contributed by atoms with E-state index in [4.69, 9.17) is 4.98 Å². The summed E-state index contributed by atoms with van der Waals surface area (Å²) in [7, 11) is 0. The number of amides is 1. The van der Waals surface area contributed by atoms with E-state index in [9.17, 15) is 4.79 Å². The van der Waals surface area contributed by atoms with Crippen LogP contribution < -0.4 is 5.32 Å². The van der Waals surface area contributed by atoms with Crippen molar-refractivity contribution in [3.63, 3.8) is 0 Å². The Morgan fingerprint density at radius 3 is 2.83 bits per heavy atom. The number of aromatic nitrogens is 2. The van der Waals surface area contributed by atoms with Crippen LogP contribution in [0.1, 0.15) is 40.4 Å². The van der Waals surface area contributed by atoms with Crippen LogP contribution in [0.15, 0.2) is 48.8 Å². The van der Waals surface area contributed by atoms with Crippen molar-refractivity contribution < 1.29 is 4.79 Å². The molecule has 1 N–H and O–H groups in total. The molecule has 4 heteroatoms. The fourth-order valence-corrected chi connectivity index (χ4v) is 2.76. The number of anilines is 1. The van der Waals surface area contributed by atoms with E-state index in [-0.39, 0.29) is 5.91 Å². The standard InChI is InChI=1S/C19H17N3O/c1-12-8-9-20-11-18(12)22-19(23)15-10-17(13-6-7-13)21-16-5-3-2-4-14(15)16/h2-5,8-11,13H,6-7H2,1H3,(H,22,23). The highest BCUT2D eigenvalue weighted by Crippen LogP contribution is 2.40. The van der Waals surface area contributed by atoms with E-state index in [2.05, 4.69) is 10.3 Å². The van der Waals surface area contributed by atoms with Crippen molar-refractivity contribution in [3.05, 3.63) is 65.6 Å². The predicted octanol–water partition coefficient (Wildman–Crippen LogP) is 4.07. The Morgan fingerprint density at radius 2 is 2.04 bits per heavy atom. The summed E-state index contributed by atoms with van der Waals surface area (Å²) in [6.45, 7) is 1.96. The number of aryl methyl sites for hydroxylation is 1. The second-order valence-corrected chi connectivity index (χ2v) is 6.03. The quantitative estimate of drug-likeness (QED) is 0.793. The molecule has 0 spiro atoms. The summed E-state index contributed by atoms with van der Waals surface area (Å²) < 4.78 is 0. The molecule has 114 valence electrons. The topological polar surface area (TPSA) is 54.9 Å². The van der Waals surface area contributed by atoms with E-state index in [0.717, 1.165) is 40.7 Å². The third-order valence-corrected chi connectivity index (χ3v) is 4.26. The molecule has 1 fully saturated rings. The average Bonchev–Trinajstić information content (AvgIpc) is 3.41. The smallest absolute Gasteiger partial charge is 0.256 e. The molecule has 0 atom stereocenters. The summed E-state index contributed by atoms with van der Waals surface area (Å²) in [4.78, 5) is 21.6. The van der Waals surface area contributed by atoms with Gasteiger partial charge in [-0.1, -0.05) is 18.2 Å². The molecule has 1 saturated carbocycles. The molecule has 0 saturated heterocycles. The van der Waals surface area contributed by atoms with Gasteiger partial charge >= 0.3 is 0 Å². The van der Waals surface area contributed by atoms with E-state index in [0.29, 0.717) is 11.5 Å². The van der Waals surface area contributed by atoms with Crippen molar-refractivity contribution in [2.75, 3.05) is 5.32 Å². The Balaban J connectivity index is 1.77. The van der Waals surface area contributed by atoms with Gasteiger partial charge in [-0.3, -0.25) is 14.8 Å². The van der Waals surface area contributed by atoms with Crippen LogP contribution >= 0.6 is 0 Å². The zero-order valence-corrected chi connectivity index (χ0v) is 12.9. The van der Waals surface area contributed by atoms with E-state index < -0.39 is 0 Å². The first kappa shape index (κ1) is 13.9. The molecule has 0 bridgehead atoms. The van der Waals surface area contributed by atoms with Crippen molar-refractivity contribution in [1.82, 2.24) is 9.97 Å². The Morgan fingerprint density at radius 1 is 1.22 bits per heavy atom. The molecule has 1 aliphatic rings. The lowest BCUT2D eigenvalue weighted by Gasteiger charge is -2.11. The predicted molar refractivity (Wildman–Crippen MR) is 90.6 cm³/mol. The van der Waals surface area contributed by atoms with Crippen LogP contribution in [0.4, 0.5) is 5.69 Å². The number of hydrogen-bond donors (Lipinski definition) is 1. The van der Waals surface area contributed by atoms with Crippen molar-refractivity contribution in [2.24, 2.45) is 0 Å². The second kappa shape index (κ2) is 5.47. The monoisotopic (exact) mass is 303 g/mol. The first-order valence-corrected chi connectivity index (χ1v) is 7.84. The molecule has 3 aromatic rings. The SMILES string of the molecule is Cc1ccncc1NC(=O)c1cc(C2CC2)nc2ccccc12. The number of carbonyl (C=O) groups is 1. The van der Waals surface area contributed by atoms with E-state index in [1.807, 2.05) is 43.3 Å². The number of para-hydroxylation sites is 1.